The molecule has 1 aliphatic rings. The Morgan fingerprint density at radius 3 is 2.61 bits per heavy atom. The van der Waals surface area contributed by atoms with Crippen molar-refractivity contribution in [2.75, 3.05) is 27.2 Å². The largest absolute Gasteiger partial charge is 0.342 e. The fourth-order valence-electron chi connectivity index (χ4n) is 3.40. The van der Waals surface area contributed by atoms with Crippen molar-refractivity contribution in [3.05, 3.63) is 24.0 Å². The molecule has 0 radical (unpaired) electrons. The normalized spacial score (nSPS) is 14.8. The Morgan fingerprint density at radius 2 is 2.00 bits per heavy atom. The number of fused-ring (bicyclic) bond motifs is 1. The molecule has 7 nitrogen and oxygen atoms in total. The third-order valence-corrected chi connectivity index (χ3v) is 7.12. The van der Waals surface area contributed by atoms with Crippen molar-refractivity contribution >= 4 is 27.0 Å². The molecule has 2 aromatic rings. The molecule has 1 fully saturated rings. The van der Waals surface area contributed by atoms with Crippen LogP contribution in [0.5, 0.6) is 0 Å². The van der Waals surface area contributed by atoms with Gasteiger partial charge in [-0.2, -0.15) is 0 Å². The van der Waals surface area contributed by atoms with Gasteiger partial charge in [0, 0.05) is 47.1 Å². The summed E-state index contributed by atoms with van der Waals surface area (Å²) in [7, 11) is 1.43. The van der Waals surface area contributed by atoms with Crippen LogP contribution in [0.15, 0.2) is 23.1 Å². The molecule has 0 aliphatic heterocycles. The van der Waals surface area contributed by atoms with Crippen molar-refractivity contribution in [3.63, 3.8) is 0 Å². The first-order chi connectivity index (χ1) is 13.2. The van der Waals surface area contributed by atoms with Crippen LogP contribution in [0.1, 0.15) is 38.4 Å². The van der Waals surface area contributed by atoms with E-state index in [4.69, 9.17) is 0 Å². The van der Waals surface area contributed by atoms with E-state index >= 15 is 0 Å². The second-order valence-electron chi connectivity index (χ2n) is 7.81. The number of rotatable bonds is 9. The zero-order valence-corrected chi connectivity index (χ0v) is 18.0. The van der Waals surface area contributed by atoms with Gasteiger partial charge >= 0.3 is 0 Å². The summed E-state index contributed by atoms with van der Waals surface area (Å²) in [6, 6.07) is 4.99. The van der Waals surface area contributed by atoms with Crippen LogP contribution in [0, 0.1) is 5.92 Å². The average Bonchev–Trinajstić information content (AvgIpc) is 3.42. The van der Waals surface area contributed by atoms with Crippen molar-refractivity contribution in [3.8, 4) is 0 Å². The molecule has 3 rings (SSSR count). The number of benzene rings is 1. The van der Waals surface area contributed by atoms with E-state index < -0.39 is 10.0 Å². The Morgan fingerprint density at radius 1 is 1.29 bits per heavy atom. The fourth-order valence-corrected chi connectivity index (χ4v) is 4.32. The van der Waals surface area contributed by atoms with E-state index in [0.29, 0.717) is 24.3 Å². The molecule has 0 atom stereocenters. The van der Waals surface area contributed by atoms with E-state index in [-0.39, 0.29) is 10.8 Å². The minimum Gasteiger partial charge on any atom is -0.342 e. The summed E-state index contributed by atoms with van der Waals surface area (Å²) < 4.78 is 27.8. The monoisotopic (exact) mass is 406 g/mol. The summed E-state index contributed by atoms with van der Waals surface area (Å²) in [5.41, 5.74) is 1.50. The number of hydrogen-bond donors (Lipinski definition) is 0. The Labute approximate surface area is 167 Å². The van der Waals surface area contributed by atoms with Crippen molar-refractivity contribution in [1.82, 2.24) is 18.8 Å². The van der Waals surface area contributed by atoms with E-state index in [0.717, 1.165) is 30.9 Å². The molecule has 0 N–H and O–H groups in total. The molecule has 1 saturated carbocycles. The summed E-state index contributed by atoms with van der Waals surface area (Å²) in [6.45, 7) is 3.78. The van der Waals surface area contributed by atoms with Gasteiger partial charge in [-0.15, -0.1) is 0 Å². The lowest BCUT2D eigenvalue weighted by Gasteiger charge is -2.22. The van der Waals surface area contributed by atoms with Crippen LogP contribution in [0.25, 0.3) is 11.0 Å². The third kappa shape index (κ3) is 4.38. The predicted octanol–water partition coefficient (Wildman–Crippen LogP) is 2.40. The van der Waals surface area contributed by atoms with Crippen LogP contribution in [-0.2, 0) is 28.3 Å². The number of hydrogen-bond acceptors (Lipinski definition) is 4. The zero-order chi connectivity index (χ0) is 20.5. The molecular weight excluding hydrogens is 376 g/mol. The average molecular weight is 407 g/mol. The van der Waals surface area contributed by atoms with Gasteiger partial charge < -0.3 is 9.47 Å². The number of sulfonamides is 1. The van der Waals surface area contributed by atoms with Gasteiger partial charge in [0.1, 0.15) is 5.82 Å². The zero-order valence-electron chi connectivity index (χ0n) is 17.2. The van der Waals surface area contributed by atoms with Crippen LogP contribution in [0.3, 0.4) is 0 Å². The lowest BCUT2D eigenvalue weighted by molar-refractivity contribution is -0.131. The van der Waals surface area contributed by atoms with Crippen LogP contribution in [0.4, 0.5) is 0 Å². The highest BCUT2D eigenvalue weighted by molar-refractivity contribution is 7.89. The number of carbonyl (C=O) groups excluding carboxylic acids is 1. The van der Waals surface area contributed by atoms with Gasteiger partial charge in [0.25, 0.3) is 0 Å². The smallest absolute Gasteiger partial charge is 0.242 e. The summed E-state index contributed by atoms with van der Waals surface area (Å²) in [4.78, 5) is 19.5. The molecule has 154 valence electrons. The van der Waals surface area contributed by atoms with Crippen molar-refractivity contribution in [2.45, 2.75) is 43.9 Å². The van der Waals surface area contributed by atoms with E-state index in [1.807, 2.05) is 16.5 Å². The molecule has 0 spiro atoms. The highest BCUT2D eigenvalue weighted by Gasteiger charge is 2.26. The van der Waals surface area contributed by atoms with Gasteiger partial charge in [0.05, 0.1) is 15.9 Å². The fraction of sp³-hybridized carbons (Fsp3) is 0.600. The van der Waals surface area contributed by atoms with Crippen molar-refractivity contribution < 1.29 is 13.2 Å². The summed E-state index contributed by atoms with van der Waals surface area (Å²) in [5.74, 6) is 1.66. The van der Waals surface area contributed by atoms with Gasteiger partial charge in [-0.1, -0.05) is 6.92 Å². The maximum absolute atomic E-state index is 12.7. The van der Waals surface area contributed by atoms with E-state index in [9.17, 15) is 13.2 Å². The SMILES string of the molecule is CCCN(CC1CC1)C(=O)CCc1nc2cc(S(=O)(=O)N(C)C)ccc2n1C. The third-order valence-electron chi connectivity index (χ3n) is 5.31. The predicted molar refractivity (Wildman–Crippen MR) is 110 cm³/mol. The molecule has 1 amide bonds. The van der Waals surface area contributed by atoms with Gasteiger partial charge in [-0.3, -0.25) is 4.79 Å². The van der Waals surface area contributed by atoms with Crippen molar-refractivity contribution in [1.29, 1.82) is 0 Å². The number of aryl methyl sites for hydroxylation is 2. The number of amides is 1. The standard InChI is InChI=1S/C20H30N4O3S/c1-5-12-24(14-15-6-7-15)20(25)11-10-19-21-17-13-16(28(26,27)22(2)3)8-9-18(17)23(19)4/h8-9,13,15H,5-7,10-12,14H2,1-4H3. The maximum atomic E-state index is 12.7. The van der Waals surface area contributed by atoms with Gasteiger partial charge in [0.15, 0.2) is 0 Å². The molecule has 1 aromatic carbocycles. The summed E-state index contributed by atoms with van der Waals surface area (Å²) in [6.07, 6.45) is 4.40. The van der Waals surface area contributed by atoms with E-state index in [1.54, 1.807) is 18.2 Å². The molecule has 0 bridgehead atoms. The van der Waals surface area contributed by atoms with Gasteiger partial charge in [-0.05, 0) is 43.4 Å². The quantitative estimate of drug-likeness (QED) is 0.641. The lowest BCUT2D eigenvalue weighted by atomic mass is 10.2. The maximum Gasteiger partial charge on any atom is 0.242 e. The number of nitrogens with zero attached hydrogens (tertiary/aromatic N) is 4. The second kappa shape index (κ2) is 8.21. The Kier molecular flexibility index (Phi) is 6.09. The van der Waals surface area contributed by atoms with Crippen LogP contribution in [-0.4, -0.2) is 60.3 Å². The van der Waals surface area contributed by atoms with Crippen LogP contribution < -0.4 is 0 Å². The van der Waals surface area contributed by atoms with Crippen LogP contribution >= 0.6 is 0 Å². The minimum atomic E-state index is -3.50. The molecule has 1 heterocycles. The minimum absolute atomic E-state index is 0.177. The highest BCUT2D eigenvalue weighted by atomic mass is 32.2. The molecule has 8 heteroatoms. The lowest BCUT2D eigenvalue weighted by Crippen LogP contribution is -2.33. The van der Waals surface area contributed by atoms with E-state index in [1.165, 1.54) is 31.2 Å². The molecule has 1 aromatic heterocycles. The molecule has 1 aliphatic carbocycles. The van der Waals surface area contributed by atoms with Crippen molar-refractivity contribution in [2.24, 2.45) is 13.0 Å². The Hall–Kier alpha value is -1.93. The topological polar surface area (TPSA) is 75.5 Å². The molecular formula is C20H30N4O3S. The number of imidazole rings is 1. The Balaban J connectivity index is 1.76. The molecule has 28 heavy (non-hydrogen) atoms. The highest BCUT2D eigenvalue weighted by Crippen LogP contribution is 2.30. The first-order valence-electron chi connectivity index (χ1n) is 9.89. The Bertz CT molecular complexity index is 961. The van der Waals surface area contributed by atoms with Gasteiger partial charge in [-0.25, -0.2) is 17.7 Å². The first kappa shape index (κ1) is 20.8. The molecule has 0 saturated heterocycles. The van der Waals surface area contributed by atoms with E-state index in [2.05, 4.69) is 11.9 Å². The second-order valence-corrected chi connectivity index (χ2v) is 9.96. The van der Waals surface area contributed by atoms with Gasteiger partial charge in [0.2, 0.25) is 15.9 Å². The number of aromatic nitrogens is 2. The molecule has 0 unspecified atom stereocenters. The first-order valence-corrected chi connectivity index (χ1v) is 11.3. The summed E-state index contributed by atoms with van der Waals surface area (Å²) >= 11 is 0. The number of carbonyl (C=O) groups is 1. The van der Waals surface area contributed by atoms with Crippen LogP contribution in [0.2, 0.25) is 0 Å². The summed E-state index contributed by atoms with van der Waals surface area (Å²) in [5, 5.41) is 0.